The zero-order chi connectivity index (χ0) is 22.4. The van der Waals surface area contributed by atoms with Gasteiger partial charge in [0, 0.05) is 30.9 Å². The summed E-state index contributed by atoms with van der Waals surface area (Å²) >= 11 is 11.7. The molecule has 31 heavy (non-hydrogen) atoms. The summed E-state index contributed by atoms with van der Waals surface area (Å²) in [5.41, 5.74) is 2.49. The van der Waals surface area contributed by atoms with Crippen LogP contribution >= 0.6 is 23.2 Å². The fourth-order valence-corrected chi connectivity index (χ4v) is 3.12. The number of rotatable bonds is 8. The summed E-state index contributed by atoms with van der Waals surface area (Å²) in [6.45, 7) is 5.76. The van der Waals surface area contributed by atoms with Crippen LogP contribution in [0.15, 0.2) is 52.7 Å². The fourth-order valence-electron chi connectivity index (χ4n) is 2.75. The lowest BCUT2D eigenvalue weighted by Crippen LogP contribution is -2.21. The highest BCUT2D eigenvalue weighted by Gasteiger charge is 2.11. The summed E-state index contributed by atoms with van der Waals surface area (Å²) in [6, 6.07) is 11.4. The Kier molecular flexibility index (Phi) is 7.27. The molecule has 0 unspecified atom stereocenters. The molecule has 0 fully saturated rings. The normalized spacial score (nSPS) is 11.0. The van der Waals surface area contributed by atoms with E-state index in [1.807, 2.05) is 12.1 Å². The predicted octanol–water partition coefficient (Wildman–Crippen LogP) is 6.09. The maximum atomic E-state index is 10.8. The average molecular weight is 461 g/mol. The van der Waals surface area contributed by atoms with Crippen LogP contribution in [-0.2, 0) is 0 Å². The van der Waals surface area contributed by atoms with Crippen LogP contribution in [0, 0.1) is 10.1 Å². The molecular formula is C19H18Cl2N8O2. The minimum atomic E-state index is -0.472. The first kappa shape index (κ1) is 22.3. The maximum Gasteiger partial charge on any atom is 0.269 e. The van der Waals surface area contributed by atoms with E-state index in [-0.39, 0.29) is 22.2 Å². The van der Waals surface area contributed by atoms with Crippen LogP contribution in [0.4, 0.5) is 34.4 Å². The number of nitrogens with one attached hydrogen (secondary N) is 1. The smallest absolute Gasteiger partial charge is 0.269 e. The van der Waals surface area contributed by atoms with E-state index in [1.54, 1.807) is 6.07 Å². The lowest BCUT2D eigenvalue weighted by molar-refractivity contribution is -0.384. The van der Waals surface area contributed by atoms with Gasteiger partial charge in [0.15, 0.2) is 0 Å². The molecule has 1 aromatic heterocycles. The Morgan fingerprint density at radius 2 is 1.65 bits per heavy atom. The quantitative estimate of drug-likeness (QED) is 0.245. The topological polar surface area (TPSA) is 122 Å². The molecular weight excluding hydrogens is 443 g/mol. The van der Waals surface area contributed by atoms with Gasteiger partial charge in [0.2, 0.25) is 16.5 Å². The van der Waals surface area contributed by atoms with Gasteiger partial charge in [-0.1, -0.05) is 0 Å². The van der Waals surface area contributed by atoms with E-state index in [9.17, 15) is 10.1 Å². The first-order valence-corrected chi connectivity index (χ1v) is 10.0. The third-order valence-electron chi connectivity index (χ3n) is 4.27. The van der Waals surface area contributed by atoms with Crippen LogP contribution in [0.2, 0.25) is 10.6 Å². The lowest BCUT2D eigenvalue weighted by Gasteiger charge is -2.22. The van der Waals surface area contributed by atoms with E-state index in [2.05, 4.69) is 49.2 Å². The molecule has 3 rings (SSSR count). The van der Waals surface area contributed by atoms with Gasteiger partial charge < -0.3 is 10.2 Å². The van der Waals surface area contributed by atoms with E-state index in [0.29, 0.717) is 17.1 Å². The molecule has 0 spiro atoms. The van der Waals surface area contributed by atoms with Crippen LogP contribution in [0.3, 0.4) is 0 Å². The number of anilines is 3. The molecule has 0 aliphatic carbocycles. The molecule has 0 aliphatic heterocycles. The van der Waals surface area contributed by atoms with Gasteiger partial charge in [0.05, 0.1) is 16.3 Å². The highest BCUT2D eigenvalue weighted by atomic mass is 35.5. The van der Waals surface area contributed by atoms with Crippen molar-refractivity contribution < 1.29 is 4.92 Å². The number of benzene rings is 2. The van der Waals surface area contributed by atoms with Crippen LogP contribution < -0.4 is 10.2 Å². The van der Waals surface area contributed by atoms with Gasteiger partial charge in [0.1, 0.15) is 5.69 Å². The molecule has 0 amide bonds. The fraction of sp³-hybridized carbons (Fsp3) is 0.211. The monoisotopic (exact) mass is 460 g/mol. The van der Waals surface area contributed by atoms with Crippen molar-refractivity contribution in [3.8, 4) is 0 Å². The highest BCUT2D eigenvalue weighted by molar-refractivity contribution is 6.31. The molecule has 3 aromatic rings. The SMILES string of the molecule is CCN(CC)c1ccc(N=Nc2ccc([N+](=O)[O-])cc2)c(Nc2nc(Cl)nc(Cl)n2)c1. The minimum Gasteiger partial charge on any atom is -0.372 e. The second-order valence-corrected chi connectivity index (χ2v) is 6.85. The standard InChI is InChI=1S/C19H18Cl2N8O2/c1-3-28(4-2)14-9-10-15(27-26-12-5-7-13(8-6-12)29(30)31)16(11-14)22-19-24-17(20)23-18(21)25-19/h5-11H,3-4H2,1-2H3,(H,22,23,24,25). The molecule has 2 aromatic carbocycles. The molecule has 160 valence electrons. The molecule has 0 radical (unpaired) electrons. The van der Waals surface area contributed by atoms with E-state index in [0.717, 1.165) is 18.8 Å². The number of azo groups is 1. The van der Waals surface area contributed by atoms with E-state index in [4.69, 9.17) is 23.2 Å². The van der Waals surface area contributed by atoms with Crippen molar-refractivity contribution in [3.05, 3.63) is 63.1 Å². The van der Waals surface area contributed by atoms with Gasteiger partial charge >= 0.3 is 0 Å². The number of halogens is 2. The van der Waals surface area contributed by atoms with E-state index in [1.165, 1.54) is 24.3 Å². The first-order chi connectivity index (χ1) is 14.9. The highest BCUT2D eigenvalue weighted by Crippen LogP contribution is 2.33. The molecule has 0 bridgehead atoms. The number of hydrogen-bond donors (Lipinski definition) is 1. The van der Waals surface area contributed by atoms with E-state index >= 15 is 0 Å². The number of aromatic nitrogens is 3. The predicted molar refractivity (Wildman–Crippen MR) is 120 cm³/mol. The molecule has 0 atom stereocenters. The summed E-state index contributed by atoms with van der Waals surface area (Å²) in [6.07, 6.45) is 0. The molecule has 12 heteroatoms. The molecule has 0 saturated heterocycles. The van der Waals surface area contributed by atoms with Gasteiger partial charge in [-0.3, -0.25) is 10.1 Å². The Hall–Kier alpha value is -3.37. The van der Waals surface area contributed by atoms with Crippen molar-refractivity contribution >= 4 is 57.6 Å². The van der Waals surface area contributed by atoms with Crippen molar-refractivity contribution in [3.63, 3.8) is 0 Å². The van der Waals surface area contributed by atoms with Crippen LogP contribution in [0.5, 0.6) is 0 Å². The molecule has 10 nitrogen and oxygen atoms in total. The van der Waals surface area contributed by atoms with Gasteiger partial charge in [-0.15, -0.1) is 5.11 Å². The largest absolute Gasteiger partial charge is 0.372 e. The van der Waals surface area contributed by atoms with Gasteiger partial charge in [0.25, 0.3) is 5.69 Å². The third-order valence-corrected chi connectivity index (χ3v) is 4.61. The second-order valence-electron chi connectivity index (χ2n) is 6.17. The zero-order valence-electron chi connectivity index (χ0n) is 16.7. The average Bonchev–Trinajstić information content (AvgIpc) is 2.73. The van der Waals surface area contributed by atoms with Gasteiger partial charge in [-0.25, -0.2) is 0 Å². The Labute approximate surface area is 188 Å². The van der Waals surface area contributed by atoms with Crippen molar-refractivity contribution in [2.75, 3.05) is 23.3 Å². The van der Waals surface area contributed by atoms with Crippen molar-refractivity contribution in [2.45, 2.75) is 13.8 Å². The summed E-state index contributed by atoms with van der Waals surface area (Å²) in [5.74, 6) is 0.161. The van der Waals surface area contributed by atoms with Gasteiger partial charge in [-0.2, -0.15) is 20.1 Å². The number of nitro groups is 1. The summed E-state index contributed by atoms with van der Waals surface area (Å²) in [5, 5.41) is 22.2. The first-order valence-electron chi connectivity index (χ1n) is 9.29. The minimum absolute atomic E-state index is 0.0199. The second kappa shape index (κ2) is 10.1. The van der Waals surface area contributed by atoms with Crippen molar-refractivity contribution in [1.29, 1.82) is 0 Å². The van der Waals surface area contributed by atoms with E-state index < -0.39 is 4.92 Å². The molecule has 1 N–H and O–H groups in total. The maximum absolute atomic E-state index is 10.8. The Morgan fingerprint density at radius 1 is 1.00 bits per heavy atom. The van der Waals surface area contributed by atoms with Crippen LogP contribution in [0.1, 0.15) is 13.8 Å². The summed E-state index contributed by atoms with van der Waals surface area (Å²) < 4.78 is 0. The number of non-ortho nitro benzene ring substituents is 1. The Morgan fingerprint density at radius 3 is 2.23 bits per heavy atom. The number of nitro benzene ring substituents is 1. The lowest BCUT2D eigenvalue weighted by atomic mass is 10.2. The number of nitrogens with zero attached hydrogens (tertiary/aromatic N) is 7. The Balaban J connectivity index is 1.96. The molecule has 0 aliphatic rings. The molecule has 0 saturated carbocycles. The summed E-state index contributed by atoms with van der Waals surface area (Å²) in [4.78, 5) is 24.3. The van der Waals surface area contributed by atoms with Crippen molar-refractivity contribution in [1.82, 2.24) is 15.0 Å². The van der Waals surface area contributed by atoms with Crippen molar-refractivity contribution in [2.24, 2.45) is 10.2 Å². The van der Waals surface area contributed by atoms with Crippen LogP contribution in [0.25, 0.3) is 0 Å². The van der Waals surface area contributed by atoms with Gasteiger partial charge in [-0.05, 0) is 67.4 Å². The molecule has 1 heterocycles. The summed E-state index contributed by atoms with van der Waals surface area (Å²) in [7, 11) is 0. The van der Waals surface area contributed by atoms with Crippen LogP contribution in [-0.4, -0.2) is 33.0 Å². The number of hydrogen-bond acceptors (Lipinski definition) is 9. The zero-order valence-corrected chi connectivity index (χ0v) is 18.2. The third kappa shape index (κ3) is 5.83. The Bertz CT molecular complexity index is 1080.